The number of unbranched alkanes of at least 4 members (excludes halogenated alkanes) is 3. The van der Waals surface area contributed by atoms with E-state index >= 15 is 0 Å². The number of hydrogen-bond acceptors (Lipinski definition) is 4. The fourth-order valence-electron chi connectivity index (χ4n) is 3.27. The molecule has 1 fully saturated rings. The molecule has 8 heteroatoms. The van der Waals surface area contributed by atoms with Crippen LogP contribution in [0.5, 0.6) is 0 Å². The first-order chi connectivity index (χ1) is 13.2. The third-order valence-electron chi connectivity index (χ3n) is 4.94. The van der Waals surface area contributed by atoms with Crippen LogP contribution in [-0.2, 0) is 6.54 Å². The number of rotatable bonds is 11. The van der Waals surface area contributed by atoms with E-state index in [1.807, 2.05) is 12.1 Å². The van der Waals surface area contributed by atoms with Crippen molar-refractivity contribution in [1.29, 1.82) is 0 Å². The number of carbonyl (C=O) groups is 1. The lowest BCUT2D eigenvalue weighted by molar-refractivity contribution is 0.127. The number of amides is 1. The largest absolute Gasteiger partial charge is 0.347 e. The van der Waals surface area contributed by atoms with Crippen LogP contribution in [0, 0.1) is 0 Å². The van der Waals surface area contributed by atoms with E-state index in [0.29, 0.717) is 0 Å². The highest BCUT2D eigenvalue weighted by molar-refractivity contribution is 8.13. The highest BCUT2D eigenvalue weighted by Crippen LogP contribution is 2.13. The molecule has 29 heavy (non-hydrogen) atoms. The molecule has 168 valence electrons. The van der Waals surface area contributed by atoms with Gasteiger partial charge in [-0.25, -0.2) is 0 Å². The van der Waals surface area contributed by atoms with E-state index in [2.05, 4.69) is 34.2 Å². The minimum atomic E-state index is 0. The van der Waals surface area contributed by atoms with Crippen LogP contribution in [0.15, 0.2) is 24.3 Å². The van der Waals surface area contributed by atoms with Gasteiger partial charge in [-0.15, -0.1) is 24.8 Å². The van der Waals surface area contributed by atoms with Crippen LogP contribution in [0.25, 0.3) is 0 Å². The summed E-state index contributed by atoms with van der Waals surface area (Å²) in [6, 6.07) is 8.15. The molecular formula is C21H36Cl3N3OS. The Balaban J connectivity index is 0.00000392. The van der Waals surface area contributed by atoms with E-state index in [1.165, 1.54) is 36.6 Å². The van der Waals surface area contributed by atoms with Crippen molar-refractivity contribution in [2.45, 2.75) is 45.6 Å². The number of thioether (sulfide) groups is 1. The zero-order valence-electron chi connectivity index (χ0n) is 17.4. The van der Waals surface area contributed by atoms with E-state index in [1.54, 1.807) is 0 Å². The zero-order chi connectivity index (χ0) is 19.3. The standard InChI is InChI=1S/C21H34ClN3OS.2ClH/c1-2-3-4-5-11-23-21(26)27-17-6-12-24-13-15-25(16-14-24)18-19-7-9-20(22)10-8-19;;/h7-10H,2-6,11-18H2,1H3,(H,23,26);2*1H. The predicted molar refractivity (Wildman–Crippen MR) is 132 cm³/mol. The molecule has 1 aromatic carbocycles. The van der Waals surface area contributed by atoms with Crippen molar-refractivity contribution in [3.8, 4) is 0 Å². The maximum absolute atomic E-state index is 11.8. The van der Waals surface area contributed by atoms with E-state index in [-0.39, 0.29) is 30.1 Å². The molecule has 0 radical (unpaired) electrons. The monoisotopic (exact) mass is 483 g/mol. The Morgan fingerprint density at radius 1 is 1.00 bits per heavy atom. The second-order valence-corrected chi connectivity index (χ2v) is 8.73. The average molecular weight is 485 g/mol. The first-order valence-electron chi connectivity index (χ1n) is 10.3. The van der Waals surface area contributed by atoms with Gasteiger partial charge in [-0.3, -0.25) is 9.69 Å². The molecule has 0 atom stereocenters. The number of nitrogens with zero attached hydrogens (tertiary/aromatic N) is 2. The van der Waals surface area contributed by atoms with Gasteiger partial charge in [0.2, 0.25) is 0 Å². The molecule has 1 heterocycles. The van der Waals surface area contributed by atoms with Gasteiger partial charge in [-0.1, -0.05) is 61.7 Å². The molecule has 0 bridgehead atoms. The molecule has 0 unspecified atom stereocenters. The SMILES string of the molecule is CCCCCCNC(=O)SCCCN1CCN(Cc2ccc(Cl)cc2)CC1.Cl.Cl. The van der Waals surface area contributed by atoms with E-state index in [0.717, 1.165) is 69.4 Å². The quantitative estimate of drug-likeness (QED) is 0.408. The van der Waals surface area contributed by atoms with Crippen molar-refractivity contribution in [2.24, 2.45) is 0 Å². The van der Waals surface area contributed by atoms with Crippen molar-refractivity contribution in [1.82, 2.24) is 15.1 Å². The van der Waals surface area contributed by atoms with Crippen molar-refractivity contribution in [3.05, 3.63) is 34.9 Å². The minimum absolute atomic E-state index is 0. The minimum Gasteiger partial charge on any atom is -0.347 e. The number of nitrogens with one attached hydrogen (secondary N) is 1. The number of piperazine rings is 1. The molecule has 1 saturated heterocycles. The lowest BCUT2D eigenvalue weighted by Gasteiger charge is -2.34. The van der Waals surface area contributed by atoms with Gasteiger partial charge in [0.05, 0.1) is 0 Å². The van der Waals surface area contributed by atoms with Gasteiger partial charge in [0.15, 0.2) is 0 Å². The predicted octanol–water partition coefficient (Wildman–Crippen LogP) is 5.71. The molecule has 4 nitrogen and oxygen atoms in total. The number of hydrogen-bond donors (Lipinski definition) is 1. The van der Waals surface area contributed by atoms with Gasteiger partial charge in [0.25, 0.3) is 5.24 Å². The molecule has 0 aliphatic carbocycles. The summed E-state index contributed by atoms with van der Waals surface area (Å²) in [5, 5.41) is 3.94. The summed E-state index contributed by atoms with van der Waals surface area (Å²) >= 11 is 7.38. The summed E-state index contributed by atoms with van der Waals surface area (Å²) in [7, 11) is 0. The van der Waals surface area contributed by atoms with Gasteiger partial charge in [0, 0.05) is 50.0 Å². The molecule has 1 aliphatic heterocycles. The Hall–Kier alpha value is -0.170. The molecule has 1 aliphatic rings. The molecular weight excluding hydrogens is 449 g/mol. The van der Waals surface area contributed by atoms with Gasteiger partial charge in [-0.05, 0) is 37.1 Å². The lowest BCUT2D eigenvalue weighted by Crippen LogP contribution is -2.46. The fourth-order valence-corrected chi connectivity index (χ4v) is 4.05. The van der Waals surface area contributed by atoms with Crippen LogP contribution >= 0.6 is 48.2 Å². The number of benzene rings is 1. The summed E-state index contributed by atoms with van der Waals surface area (Å²) < 4.78 is 0. The Bertz CT molecular complexity index is 540. The van der Waals surface area contributed by atoms with Crippen LogP contribution in [-0.4, -0.2) is 60.1 Å². The van der Waals surface area contributed by atoms with Gasteiger partial charge in [-0.2, -0.15) is 0 Å². The van der Waals surface area contributed by atoms with Crippen LogP contribution < -0.4 is 5.32 Å². The van der Waals surface area contributed by atoms with Crippen LogP contribution in [0.1, 0.15) is 44.6 Å². The van der Waals surface area contributed by atoms with Crippen molar-refractivity contribution >= 4 is 53.4 Å². The average Bonchev–Trinajstić information content (AvgIpc) is 2.68. The van der Waals surface area contributed by atoms with Gasteiger partial charge >= 0.3 is 0 Å². The third-order valence-corrected chi connectivity index (χ3v) is 6.09. The van der Waals surface area contributed by atoms with E-state index in [9.17, 15) is 4.79 Å². The normalized spacial score (nSPS) is 14.7. The van der Waals surface area contributed by atoms with Crippen molar-refractivity contribution < 1.29 is 4.79 Å². The van der Waals surface area contributed by atoms with E-state index < -0.39 is 0 Å². The first-order valence-corrected chi connectivity index (χ1v) is 11.6. The summed E-state index contributed by atoms with van der Waals surface area (Å²) in [6.45, 7) is 9.55. The smallest absolute Gasteiger partial charge is 0.279 e. The molecule has 1 N–H and O–H groups in total. The Labute approximate surface area is 198 Å². The lowest BCUT2D eigenvalue weighted by atomic mass is 10.2. The Morgan fingerprint density at radius 2 is 1.66 bits per heavy atom. The van der Waals surface area contributed by atoms with Crippen molar-refractivity contribution in [2.75, 3.05) is 45.0 Å². The third kappa shape index (κ3) is 13.0. The summed E-state index contributed by atoms with van der Waals surface area (Å²) in [4.78, 5) is 16.8. The highest BCUT2D eigenvalue weighted by atomic mass is 35.5. The molecule has 0 aromatic heterocycles. The Morgan fingerprint density at radius 3 is 2.31 bits per heavy atom. The topological polar surface area (TPSA) is 35.6 Å². The van der Waals surface area contributed by atoms with Crippen LogP contribution in [0.3, 0.4) is 0 Å². The van der Waals surface area contributed by atoms with Gasteiger partial charge in [0.1, 0.15) is 0 Å². The van der Waals surface area contributed by atoms with Crippen LogP contribution in [0.4, 0.5) is 4.79 Å². The first kappa shape index (κ1) is 28.8. The fraction of sp³-hybridized carbons (Fsp3) is 0.667. The summed E-state index contributed by atoms with van der Waals surface area (Å²) in [5.74, 6) is 0.909. The number of carbonyl (C=O) groups excluding carboxylic acids is 1. The number of halogens is 3. The molecule has 2 rings (SSSR count). The molecule has 1 aromatic rings. The molecule has 0 spiro atoms. The molecule has 1 amide bonds. The zero-order valence-corrected chi connectivity index (χ0v) is 20.6. The molecule has 0 saturated carbocycles. The summed E-state index contributed by atoms with van der Waals surface area (Å²) in [5.41, 5.74) is 1.32. The van der Waals surface area contributed by atoms with E-state index in [4.69, 9.17) is 11.6 Å². The maximum atomic E-state index is 11.8. The second kappa shape index (κ2) is 17.5. The maximum Gasteiger partial charge on any atom is 0.279 e. The summed E-state index contributed by atoms with van der Waals surface area (Å²) in [6.07, 6.45) is 5.88. The van der Waals surface area contributed by atoms with Crippen LogP contribution in [0.2, 0.25) is 5.02 Å². The van der Waals surface area contributed by atoms with Crippen molar-refractivity contribution in [3.63, 3.8) is 0 Å². The second-order valence-electron chi connectivity index (χ2n) is 7.22. The van der Waals surface area contributed by atoms with Gasteiger partial charge < -0.3 is 10.2 Å². The Kier molecular flexibility index (Phi) is 17.4. The highest BCUT2D eigenvalue weighted by Gasteiger charge is 2.16.